The lowest BCUT2D eigenvalue weighted by molar-refractivity contribution is 0.471. The van der Waals surface area contributed by atoms with Crippen LogP contribution < -0.4 is 0 Å². The maximum Gasteiger partial charge on any atom is -0.0411 e. The van der Waals surface area contributed by atoms with Gasteiger partial charge in [0.15, 0.2) is 0 Å². The van der Waals surface area contributed by atoms with Gasteiger partial charge in [-0.1, -0.05) is 90.9 Å². The molecule has 0 spiro atoms. The largest absolute Gasteiger partial charge is 0.0625 e. The van der Waals surface area contributed by atoms with Crippen LogP contribution in [-0.2, 0) is 0 Å². The maximum absolute atomic E-state index is 2.34. The van der Waals surface area contributed by atoms with E-state index in [0.717, 1.165) is 17.8 Å². The molecule has 0 aromatic heterocycles. The first kappa shape index (κ1) is 15.4. The second-order valence-electron chi connectivity index (χ2n) is 7.90. The third-order valence-electron chi connectivity index (χ3n) is 5.35. The van der Waals surface area contributed by atoms with Crippen LogP contribution >= 0.6 is 0 Å². The van der Waals surface area contributed by atoms with Crippen molar-refractivity contribution in [2.45, 2.75) is 97.3 Å². The van der Waals surface area contributed by atoms with Crippen LogP contribution in [0.4, 0.5) is 0 Å². The van der Waals surface area contributed by atoms with Crippen LogP contribution in [0.1, 0.15) is 97.3 Å². The Hall–Kier alpha value is 0. The smallest absolute Gasteiger partial charge is 0.0411 e. The van der Waals surface area contributed by atoms with E-state index in [1.54, 1.807) is 32.1 Å². The predicted octanol–water partition coefficient (Wildman–Crippen LogP) is 6.59. The minimum atomic E-state index is 1.05. The second kappa shape index (κ2) is 8.32. The lowest BCUT2D eigenvalue weighted by Crippen LogP contribution is -1.92. The van der Waals surface area contributed by atoms with Crippen molar-refractivity contribution in [3.8, 4) is 0 Å². The van der Waals surface area contributed by atoms with Crippen LogP contribution in [0.15, 0.2) is 0 Å². The summed E-state index contributed by atoms with van der Waals surface area (Å²) in [6.45, 7) is 4.62. The van der Waals surface area contributed by atoms with Crippen LogP contribution in [0.25, 0.3) is 0 Å². The zero-order valence-corrected chi connectivity index (χ0v) is 13.5. The Labute approximate surface area is 121 Å². The molecule has 4 aliphatic rings. The summed E-state index contributed by atoms with van der Waals surface area (Å²) < 4.78 is 0. The summed E-state index contributed by atoms with van der Waals surface area (Å²) in [5.74, 6) is 4.45. The van der Waals surface area contributed by atoms with Crippen LogP contribution in [0.3, 0.4) is 0 Å². The van der Waals surface area contributed by atoms with Gasteiger partial charge in [-0.3, -0.25) is 0 Å². The minimum Gasteiger partial charge on any atom is -0.0625 e. The van der Waals surface area contributed by atoms with Gasteiger partial charge in [0.05, 0.1) is 0 Å². The molecule has 0 heterocycles. The molecule has 0 nitrogen and oxygen atoms in total. The summed E-state index contributed by atoms with van der Waals surface area (Å²) in [6.07, 6.45) is 19.8. The van der Waals surface area contributed by atoms with E-state index in [-0.39, 0.29) is 0 Å². The first-order valence-corrected chi connectivity index (χ1v) is 9.24. The average Bonchev–Trinajstić information content (AvgIpc) is 3.25. The van der Waals surface area contributed by atoms with Crippen molar-refractivity contribution in [3.63, 3.8) is 0 Å². The molecule has 4 rings (SSSR count). The first-order valence-electron chi connectivity index (χ1n) is 9.24. The zero-order valence-electron chi connectivity index (χ0n) is 13.5. The molecule has 0 bridgehead atoms. The summed E-state index contributed by atoms with van der Waals surface area (Å²) in [6, 6.07) is 0. The Morgan fingerprint density at radius 1 is 0.526 bits per heavy atom. The summed E-state index contributed by atoms with van der Waals surface area (Å²) in [5.41, 5.74) is 0. The Balaban J connectivity index is 0.000000115. The zero-order chi connectivity index (χ0) is 13.5. The van der Waals surface area contributed by atoms with Crippen molar-refractivity contribution < 1.29 is 0 Å². The molecule has 0 aromatic rings. The minimum absolute atomic E-state index is 1.05. The highest BCUT2D eigenvalue weighted by Crippen LogP contribution is 2.40. The Morgan fingerprint density at radius 2 is 0.947 bits per heavy atom. The molecule has 0 amide bonds. The molecular weight excluding hydrogens is 228 g/mol. The van der Waals surface area contributed by atoms with Crippen molar-refractivity contribution >= 4 is 0 Å². The van der Waals surface area contributed by atoms with E-state index in [1.165, 1.54) is 57.3 Å². The Kier molecular flexibility index (Phi) is 6.74. The van der Waals surface area contributed by atoms with Gasteiger partial charge in [-0.2, -0.15) is 0 Å². The van der Waals surface area contributed by atoms with E-state index in [0.29, 0.717) is 0 Å². The normalized spacial score (nSPS) is 27.5. The third-order valence-corrected chi connectivity index (χ3v) is 5.35. The van der Waals surface area contributed by atoms with Crippen molar-refractivity contribution in [3.05, 3.63) is 0 Å². The Bertz CT molecular complexity index is 212. The molecule has 4 aliphatic carbocycles. The fourth-order valence-electron chi connectivity index (χ4n) is 3.37. The predicted molar refractivity (Wildman–Crippen MR) is 85.3 cm³/mol. The van der Waals surface area contributed by atoms with Gasteiger partial charge >= 0.3 is 0 Å². The second-order valence-corrected chi connectivity index (χ2v) is 7.90. The van der Waals surface area contributed by atoms with Crippen molar-refractivity contribution in [2.24, 2.45) is 23.7 Å². The number of hydrogen-bond acceptors (Lipinski definition) is 0. The van der Waals surface area contributed by atoms with Crippen LogP contribution in [-0.4, -0.2) is 0 Å². The third kappa shape index (κ3) is 8.00. The van der Waals surface area contributed by atoms with Gasteiger partial charge in [-0.05, 0) is 30.1 Å². The van der Waals surface area contributed by atoms with Crippen LogP contribution in [0.5, 0.6) is 0 Å². The quantitative estimate of drug-likeness (QED) is 0.528. The molecule has 4 saturated carbocycles. The van der Waals surface area contributed by atoms with Gasteiger partial charge in [-0.25, -0.2) is 0 Å². The molecule has 0 radical (unpaired) electrons. The monoisotopic (exact) mass is 264 g/mol. The van der Waals surface area contributed by atoms with E-state index < -0.39 is 0 Å². The summed E-state index contributed by atoms with van der Waals surface area (Å²) in [7, 11) is 0. The highest BCUT2D eigenvalue weighted by Gasteiger charge is 2.26. The van der Waals surface area contributed by atoms with Gasteiger partial charge in [-0.15, -0.1) is 0 Å². The highest BCUT2D eigenvalue weighted by molar-refractivity contribution is 4.78. The Morgan fingerprint density at radius 3 is 1.26 bits per heavy atom. The molecule has 0 aromatic carbocycles. The summed E-state index contributed by atoms with van der Waals surface area (Å²) >= 11 is 0. The van der Waals surface area contributed by atoms with Gasteiger partial charge in [0, 0.05) is 0 Å². The molecule has 0 unspecified atom stereocenters. The van der Waals surface area contributed by atoms with Gasteiger partial charge in [0.2, 0.25) is 0 Å². The fourth-order valence-corrected chi connectivity index (χ4v) is 3.37. The van der Waals surface area contributed by atoms with E-state index in [9.17, 15) is 0 Å². The molecule has 4 fully saturated rings. The lowest BCUT2D eigenvalue weighted by atomic mass is 10.0. The van der Waals surface area contributed by atoms with Crippen molar-refractivity contribution in [1.82, 2.24) is 0 Å². The SMILES string of the molecule is C1CCC(CC2CC2)C1.CC1CC1.CC1CCCC1. The van der Waals surface area contributed by atoms with Crippen LogP contribution in [0, 0.1) is 23.7 Å². The van der Waals surface area contributed by atoms with E-state index in [1.807, 2.05) is 0 Å². The number of hydrogen-bond donors (Lipinski definition) is 0. The fraction of sp³-hybridized carbons (Fsp3) is 1.00. The topological polar surface area (TPSA) is 0 Å². The summed E-state index contributed by atoms with van der Waals surface area (Å²) in [4.78, 5) is 0. The first-order chi connectivity index (χ1) is 9.24. The van der Waals surface area contributed by atoms with Gasteiger partial charge < -0.3 is 0 Å². The standard InChI is InChI=1S/C9H16.C6H12.C4H8/c1-2-4-8(3-1)7-9-5-6-9;1-6-4-2-3-5-6;1-4-2-3-4/h8-9H,1-7H2;6H,2-5H2,1H3;4H,2-3H2,1H3. The van der Waals surface area contributed by atoms with E-state index >= 15 is 0 Å². The number of rotatable bonds is 2. The molecule has 0 saturated heterocycles. The lowest BCUT2D eigenvalue weighted by Gasteiger charge is -2.04. The van der Waals surface area contributed by atoms with Crippen molar-refractivity contribution in [1.29, 1.82) is 0 Å². The average molecular weight is 264 g/mol. The molecule has 0 aliphatic heterocycles. The highest BCUT2D eigenvalue weighted by atomic mass is 14.3. The van der Waals surface area contributed by atoms with E-state index in [2.05, 4.69) is 13.8 Å². The van der Waals surface area contributed by atoms with Crippen LogP contribution in [0.2, 0.25) is 0 Å². The molecule has 112 valence electrons. The molecule has 0 heteroatoms. The maximum atomic E-state index is 2.34. The van der Waals surface area contributed by atoms with Gasteiger partial charge in [0.25, 0.3) is 0 Å². The molecule has 19 heavy (non-hydrogen) atoms. The summed E-state index contributed by atoms with van der Waals surface area (Å²) in [5, 5.41) is 0. The van der Waals surface area contributed by atoms with Crippen molar-refractivity contribution in [2.75, 3.05) is 0 Å². The molecular formula is C19H36. The molecule has 0 atom stereocenters. The van der Waals surface area contributed by atoms with Gasteiger partial charge in [0.1, 0.15) is 0 Å². The molecule has 0 N–H and O–H groups in total. The van der Waals surface area contributed by atoms with E-state index in [4.69, 9.17) is 0 Å².